The number of piperidine rings is 1. The summed E-state index contributed by atoms with van der Waals surface area (Å²) in [5.41, 5.74) is 1.51. The Bertz CT molecular complexity index is 843. The van der Waals surface area contributed by atoms with Crippen LogP contribution in [0.5, 0.6) is 0 Å². The van der Waals surface area contributed by atoms with Gasteiger partial charge in [0.25, 0.3) is 0 Å². The van der Waals surface area contributed by atoms with E-state index in [0.29, 0.717) is 42.4 Å². The molecule has 0 unspecified atom stereocenters. The molecule has 1 amide bonds. The van der Waals surface area contributed by atoms with Gasteiger partial charge in [-0.1, -0.05) is 0 Å². The van der Waals surface area contributed by atoms with Crippen LogP contribution in [0.15, 0.2) is 23.1 Å². The molecule has 0 saturated carbocycles. The van der Waals surface area contributed by atoms with Gasteiger partial charge in [0.15, 0.2) is 0 Å². The summed E-state index contributed by atoms with van der Waals surface area (Å²) in [6, 6.07) is 5.28. The van der Waals surface area contributed by atoms with Crippen molar-refractivity contribution < 1.29 is 17.9 Å². The molecule has 0 bridgehead atoms. The molecule has 29 heavy (non-hydrogen) atoms. The smallest absolute Gasteiger partial charge is 0.243 e. The van der Waals surface area contributed by atoms with Crippen molar-refractivity contribution in [2.45, 2.75) is 37.5 Å². The van der Waals surface area contributed by atoms with Gasteiger partial charge < -0.3 is 9.64 Å². The van der Waals surface area contributed by atoms with Crippen molar-refractivity contribution in [3.63, 3.8) is 0 Å². The van der Waals surface area contributed by atoms with Crippen molar-refractivity contribution in [1.29, 1.82) is 0 Å². The zero-order chi connectivity index (χ0) is 20.4. The summed E-state index contributed by atoms with van der Waals surface area (Å²) >= 11 is 0. The lowest BCUT2D eigenvalue weighted by Gasteiger charge is -2.35. The van der Waals surface area contributed by atoms with Gasteiger partial charge in [0.2, 0.25) is 15.9 Å². The van der Waals surface area contributed by atoms with Crippen LogP contribution in [-0.2, 0) is 19.6 Å². The lowest BCUT2D eigenvalue weighted by Crippen LogP contribution is -2.44. The van der Waals surface area contributed by atoms with Crippen LogP contribution in [-0.4, -0.2) is 76.0 Å². The molecule has 0 aromatic heterocycles. The molecule has 4 rings (SSSR count). The Morgan fingerprint density at radius 1 is 1.07 bits per heavy atom. The fourth-order valence-electron chi connectivity index (χ4n) is 4.63. The third-order valence-corrected chi connectivity index (χ3v) is 8.41. The van der Waals surface area contributed by atoms with Crippen molar-refractivity contribution in [3.05, 3.63) is 23.8 Å². The number of amides is 1. The number of rotatable bonds is 5. The highest BCUT2D eigenvalue weighted by Crippen LogP contribution is 2.30. The Kier molecular flexibility index (Phi) is 6.24. The van der Waals surface area contributed by atoms with Gasteiger partial charge in [-0.05, 0) is 55.9 Å². The molecule has 0 spiro atoms. The van der Waals surface area contributed by atoms with E-state index in [2.05, 4.69) is 4.90 Å². The largest absolute Gasteiger partial charge is 0.379 e. The third kappa shape index (κ3) is 4.50. The first-order valence-corrected chi connectivity index (χ1v) is 12.1. The molecule has 3 aliphatic heterocycles. The maximum Gasteiger partial charge on any atom is 0.243 e. The zero-order valence-electron chi connectivity index (χ0n) is 17.2. The Labute approximate surface area is 173 Å². The van der Waals surface area contributed by atoms with E-state index in [-0.39, 0.29) is 5.91 Å². The van der Waals surface area contributed by atoms with Gasteiger partial charge in [0.05, 0.1) is 18.1 Å². The van der Waals surface area contributed by atoms with E-state index < -0.39 is 10.0 Å². The normalized spacial score (nSPS) is 23.1. The van der Waals surface area contributed by atoms with Gasteiger partial charge in [-0.25, -0.2) is 8.42 Å². The Balaban J connectivity index is 1.40. The van der Waals surface area contributed by atoms with E-state index >= 15 is 0 Å². The van der Waals surface area contributed by atoms with Gasteiger partial charge in [0, 0.05) is 51.4 Å². The van der Waals surface area contributed by atoms with E-state index in [0.717, 1.165) is 57.8 Å². The number of anilines is 1. The molecule has 3 heterocycles. The molecule has 7 nitrogen and oxygen atoms in total. The van der Waals surface area contributed by atoms with Gasteiger partial charge in [-0.2, -0.15) is 4.31 Å². The molecule has 3 fully saturated rings. The van der Waals surface area contributed by atoms with E-state index in [4.69, 9.17) is 4.74 Å². The molecule has 8 heteroatoms. The number of benzene rings is 1. The Morgan fingerprint density at radius 3 is 2.41 bits per heavy atom. The van der Waals surface area contributed by atoms with Crippen molar-refractivity contribution in [3.8, 4) is 0 Å². The SMILES string of the molecule is Cc1cc(N2CCCC2=O)ccc1S(=O)(=O)N1CCC(CN2CCOCC2)CC1. The van der Waals surface area contributed by atoms with Gasteiger partial charge in [-0.3, -0.25) is 9.69 Å². The summed E-state index contributed by atoms with van der Waals surface area (Å²) in [5, 5.41) is 0. The van der Waals surface area contributed by atoms with Crippen LogP contribution in [0.25, 0.3) is 0 Å². The van der Waals surface area contributed by atoms with Crippen LogP contribution < -0.4 is 4.90 Å². The van der Waals surface area contributed by atoms with Crippen LogP contribution in [0.2, 0.25) is 0 Å². The minimum Gasteiger partial charge on any atom is -0.379 e. The lowest BCUT2D eigenvalue weighted by atomic mass is 9.97. The minimum atomic E-state index is -3.51. The van der Waals surface area contributed by atoms with Crippen LogP contribution in [0.3, 0.4) is 0 Å². The molecule has 1 aromatic rings. The zero-order valence-corrected chi connectivity index (χ0v) is 18.0. The quantitative estimate of drug-likeness (QED) is 0.726. The van der Waals surface area contributed by atoms with E-state index in [1.54, 1.807) is 21.3 Å². The number of hydrogen-bond donors (Lipinski definition) is 0. The molecule has 0 atom stereocenters. The molecule has 3 saturated heterocycles. The Hall–Kier alpha value is -1.48. The summed E-state index contributed by atoms with van der Waals surface area (Å²) in [6.07, 6.45) is 3.22. The number of carbonyl (C=O) groups excluding carboxylic acids is 1. The molecule has 0 N–H and O–H groups in total. The summed E-state index contributed by atoms with van der Waals surface area (Å²) in [6.45, 7) is 8.26. The molecule has 0 aliphatic carbocycles. The Morgan fingerprint density at radius 2 is 1.79 bits per heavy atom. The van der Waals surface area contributed by atoms with E-state index in [1.165, 1.54) is 0 Å². The summed E-state index contributed by atoms with van der Waals surface area (Å²) < 4.78 is 33.5. The predicted octanol–water partition coefficient (Wildman–Crippen LogP) is 1.85. The summed E-state index contributed by atoms with van der Waals surface area (Å²) in [7, 11) is -3.51. The highest BCUT2D eigenvalue weighted by atomic mass is 32.2. The average Bonchev–Trinajstić information content (AvgIpc) is 3.15. The first-order valence-electron chi connectivity index (χ1n) is 10.7. The highest BCUT2D eigenvalue weighted by molar-refractivity contribution is 7.89. The number of carbonyl (C=O) groups is 1. The highest BCUT2D eigenvalue weighted by Gasteiger charge is 2.32. The molecule has 1 aromatic carbocycles. The van der Waals surface area contributed by atoms with Crippen molar-refractivity contribution in [2.75, 3.05) is 57.4 Å². The van der Waals surface area contributed by atoms with Crippen LogP contribution in [0.1, 0.15) is 31.2 Å². The maximum absolute atomic E-state index is 13.2. The fourth-order valence-corrected chi connectivity index (χ4v) is 6.31. The number of hydrogen-bond acceptors (Lipinski definition) is 5. The molecule has 3 aliphatic rings. The first-order chi connectivity index (χ1) is 13.9. The summed E-state index contributed by atoms with van der Waals surface area (Å²) in [4.78, 5) is 16.5. The molecule has 0 radical (unpaired) electrons. The average molecular weight is 422 g/mol. The van der Waals surface area contributed by atoms with Gasteiger partial charge >= 0.3 is 0 Å². The van der Waals surface area contributed by atoms with Crippen molar-refractivity contribution >= 4 is 21.6 Å². The van der Waals surface area contributed by atoms with E-state index in [1.807, 2.05) is 13.0 Å². The summed E-state index contributed by atoms with van der Waals surface area (Å²) in [5.74, 6) is 0.659. The second kappa shape index (κ2) is 8.71. The number of ether oxygens (including phenoxy) is 1. The second-order valence-corrected chi connectivity index (χ2v) is 10.3. The van der Waals surface area contributed by atoms with Gasteiger partial charge in [-0.15, -0.1) is 0 Å². The number of nitrogens with zero attached hydrogens (tertiary/aromatic N) is 3. The van der Waals surface area contributed by atoms with Crippen molar-refractivity contribution in [1.82, 2.24) is 9.21 Å². The second-order valence-electron chi connectivity index (χ2n) is 8.36. The van der Waals surface area contributed by atoms with Crippen LogP contribution in [0, 0.1) is 12.8 Å². The monoisotopic (exact) mass is 421 g/mol. The van der Waals surface area contributed by atoms with Crippen molar-refractivity contribution in [2.24, 2.45) is 5.92 Å². The topological polar surface area (TPSA) is 70.2 Å². The number of morpholine rings is 1. The fraction of sp³-hybridized carbons (Fsp3) is 0.667. The number of aryl methyl sites for hydroxylation is 1. The molecular formula is C21H31N3O4S. The number of sulfonamides is 1. The lowest BCUT2D eigenvalue weighted by molar-refractivity contribution is -0.117. The molecule has 160 valence electrons. The van der Waals surface area contributed by atoms with Gasteiger partial charge in [0.1, 0.15) is 0 Å². The van der Waals surface area contributed by atoms with E-state index in [9.17, 15) is 13.2 Å². The third-order valence-electron chi connectivity index (χ3n) is 6.36. The van der Waals surface area contributed by atoms with Crippen LogP contribution in [0.4, 0.5) is 5.69 Å². The predicted molar refractivity (Wildman–Crippen MR) is 112 cm³/mol. The first kappa shape index (κ1) is 20.8. The standard InChI is InChI=1S/C21H31N3O4S/c1-17-15-19(24-8-2-3-21(24)25)4-5-20(17)29(26,27)23-9-6-18(7-10-23)16-22-11-13-28-14-12-22/h4-5,15,18H,2-3,6-14,16H2,1H3. The van der Waals surface area contributed by atoms with Crippen LogP contribution >= 0.6 is 0 Å². The minimum absolute atomic E-state index is 0.113. The maximum atomic E-state index is 13.2. The molecular weight excluding hydrogens is 390 g/mol.